The van der Waals surface area contributed by atoms with Crippen molar-refractivity contribution < 1.29 is 0 Å². The van der Waals surface area contributed by atoms with Crippen LogP contribution in [0.25, 0.3) is 0 Å². The van der Waals surface area contributed by atoms with Crippen molar-refractivity contribution in [1.29, 1.82) is 0 Å². The summed E-state index contributed by atoms with van der Waals surface area (Å²) in [4.78, 5) is 0. The van der Waals surface area contributed by atoms with Crippen molar-refractivity contribution in [2.45, 2.75) is 35.8 Å². The Morgan fingerprint density at radius 1 is 1.25 bits per heavy atom. The molecule has 2 heteroatoms. The lowest BCUT2D eigenvalue weighted by Gasteiger charge is -1.89. The molecule has 0 aromatic carbocycles. The van der Waals surface area contributed by atoms with Gasteiger partial charge in [-0.2, -0.15) is 5.05 Å². The third-order valence-corrected chi connectivity index (χ3v) is 2.41. The highest BCUT2D eigenvalue weighted by Crippen LogP contribution is 1.97. The minimum absolute atomic E-state index is 0. The van der Waals surface area contributed by atoms with Crippen molar-refractivity contribution >= 4 is 32.8 Å². The Hall–Kier alpha value is 1.06. The zero-order chi connectivity index (χ0) is 5.54. The average Bonchev–Trinajstić information content (AvgIpc) is 1.69. The van der Waals surface area contributed by atoms with Crippen LogP contribution in [0.4, 0.5) is 0 Å². The van der Waals surface area contributed by atoms with E-state index in [-0.39, 0.29) is 12.4 Å². The Bertz CT molecular complexity index is 27.7. The van der Waals surface area contributed by atoms with Gasteiger partial charge >= 0.3 is 20.4 Å². The fraction of sp³-hybridized carbons (Fsp3) is 1.00. The second kappa shape index (κ2) is 10.9. The summed E-state index contributed by atoms with van der Waals surface area (Å²) in [5.41, 5.74) is 0. The van der Waals surface area contributed by atoms with Crippen LogP contribution in [0.5, 0.6) is 0 Å². The van der Waals surface area contributed by atoms with E-state index < -0.39 is 0 Å². The van der Waals surface area contributed by atoms with Gasteiger partial charge in [0, 0.05) is 0 Å². The first kappa shape index (κ1) is 11.8. The van der Waals surface area contributed by atoms with Gasteiger partial charge in [-0.05, 0) is 0 Å². The SMILES string of the molecule is CCCC[CH2][Mg][CH3].Cl. The van der Waals surface area contributed by atoms with Crippen molar-refractivity contribution in [2.24, 2.45) is 0 Å². The molecule has 0 heterocycles. The highest BCUT2D eigenvalue weighted by Gasteiger charge is 1.84. The normalized spacial score (nSPS) is 7.25. The molecule has 8 heavy (non-hydrogen) atoms. The van der Waals surface area contributed by atoms with Crippen molar-refractivity contribution in [2.75, 3.05) is 0 Å². The standard InChI is InChI=1S/C5H11.CH3.ClH.Mg/c1-3-5-4-2;;;/h1,3-5H2,2H3;1H3;1H;. The maximum Gasteiger partial charge on any atom is 0.360 e. The first-order valence-corrected chi connectivity index (χ1v) is 5.83. The van der Waals surface area contributed by atoms with Gasteiger partial charge in [0.2, 0.25) is 0 Å². The summed E-state index contributed by atoms with van der Waals surface area (Å²) in [5.74, 6) is 0. The molecule has 0 radical (unpaired) electrons. The zero-order valence-electron chi connectivity index (χ0n) is 5.94. The monoisotopic (exact) mass is 146 g/mol. The van der Waals surface area contributed by atoms with Gasteiger partial charge in [0.1, 0.15) is 0 Å². The van der Waals surface area contributed by atoms with Gasteiger partial charge in [0.25, 0.3) is 0 Å². The third-order valence-electron chi connectivity index (χ3n) is 1.21. The molecule has 0 fully saturated rings. The van der Waals surface area contributed by atoms with Crippen LogP contribution in [0.15, 0.2) is 0 Å². The summed E-state index contributed by atoms with van der Waals surface area (Å²) in [6, 6.07) is 0. The molecule has 0 saturated heterocycles. The van der Waals surface area contributed by atoms with Crippen LogP contribution in [0.3, 0.4) is 0 Å². The van der Waals surface area contributed by atoms with Gasteiger partial charge < -0.3 is 0 Å². The minimum Gasteiger partial charge on any atom is -0.157 e. The van der Waals surface area contributed by atoms with Crippen molar-refractivity contribution in [3.05, 3.63) is 0 Å². The first-order valence-electron chi connectivity index (χ1n) is 3.41. The van der Waals surface area contributed by atoms with Crippen molar-refractivity contribution in [3.8, 4) is 0 Å². The molecule has 0 spiro atoms. The molecule has 0 aliphatic heterocycles. The van der Waals surface area contributed by atoms with Crippen molar-refractivity contribution in [1.82, 2.24) is 0 Å². The topological polar surface area (TPSA) is 0 Å². The quantitative estimate of drug-likeness (QED) is 0.423. The number of hydrogen-bond acceptors (Lipinski definition) is 0. The molecule has 0 rings (SSSR count). The molecule has 48 valence electrons. The van der Waals surface area contributed by atoms with E-state index in [2.05, 4.69) is 12.0 Å². The molecule has 0 unspecified atom stereocenters. The van der Waals surface area contributed by atoms with E-state index in [4.69, 9.17) is 0 Å². The van der Waals surface area contributed by atoms with Gasteiger partial charge in [-0.25, -0.2) is 0 Å². The van der Waals surface area contributed by atoms with E-state index >= 15 is 0 Å². The highest BCUT2D eigenvalue weighted by molar-refractivity contribution is 6.33. The van der Waals surface area contributed by atoms with Crippen LogP contribution in [-0.4, -0.2) is 20.4 Å². The Labute approximate surface area is 68.6 Å². The highest BCUT2D eigenvalue weighted by atomic mass is 35.5. The van der Waals surface area contributed by atoms with Gasteiger partial charge in [-0.15, -0.1) is 17.0 Å². The van der Waals surface area contributed by atoms with Crippen LogP contribution in [-0.2, 0) is 0 Å². The number of unbranched alkanes of at least 4 members (excludes halogenated alkanes) is 2. The summed E-state index contributed by atoms with van der Waals surface area (Å²) >= 11 is 0.394. The van der Waals surface area contributed by atoms with Gasteiger partial charge in [0.15, 0.2) is 0 Å². The van der Waals surface area contributed by atoms with Gasteiger partial charge in [-0.3, -0.25) is 0 Å². The summed E-state index contributed by atoms with van der Waals surface area (Å²) in [6.07, 6.45) is 4.34. The number of halogens is 1. The van der Waals surface area contributed by atoms with E-state index in [0.29, 0.717) is 20.4 Å². The van der Waals surface area contributed by atoms with Crippen LogP contribution < -0.4 is 0 Å². The fourth-order valence-corrected chi connectivity index (χ4v) is 1.53. The third kappa shape index (κ3) is 10.1. The molecule has 0 saturated carbocycles. The molecule has 0 N–H and O–H groups in total. The molecule has 0 nitrogen and oxygen atoms in total. The van der Waals surface area contributed by atoms with Crippen molar-refractivity contribution in [3.63, 3.8) is 0 Å². The second-order valence-corrected chi connectivity index (χ2v) is 3.77. The molecule has 0 aromatic heterocycles. The maximum atomic E-state index is 2.38. The maximum absolute atomic E-state index is 2.38. The fourth-order valence-electron chi connectivity index (χ4n) is 0.677. The number of hydrogen-bond donors (Lipinski definition) is 0. The summed E-state index contributed by atoms with van der Waals surface area (Å²) in [7, 11) is 0. The Balaban J connectivity index is 0. The van der Waals surface area contributed by atoms with Crippen LogP contribution >= 0.6 is 12.4 Å². The van der Waals surface area contributed by atoms with Crippen LogP contribution in [0, 0.1) is 0 Å². The molecule has 0 amide bonds. The smallest absolute Gasteiger partial charge is 0.157 e. The van der Waals surface area contributed by atoms with Gasteiger partial charge in [0.05, 0.1) is 0 Å². The second-order valence-electron chi connectivity index (χ2n) is 2.06. The average molecular weight is 147 g/mol. The van der Waals surface area contributed by atoms with E-state index in [9.17, 15) is 0 Å². The molecule has 0 aliphatic carbocycles. The summed E-state index contributed by atoms with van der Waals surface area (Å²) < 4.78 is 1.56. The Morgan fingerprint density at radius 3 is 2.25 bits per heavy atom. The predicted molar refractivity (Wildman–Crippen MR) is 43.2 cm³/mol. The molecular formula is C6H15ClMg. The molecule has 0 atom stereocenters. The van der Waals surface area contributed by atoms with E-state index in [1.807, 2.05) is 0 Å². The Morgan fingerprint density at radius 2 is 1.88 bits per heavy atom. The minimum atomic E-state index is 0. The van der Waals surface area contributed by atoms with Crippen LogP contribution in [0.2, 0.25) is 9.60 Å². The molecule has 0 aliphatic rings. The lowest BCUT2D eigenvalue weighted by Crippen LogP contribution is -1.79. The largest absolute Gasteiger partial charge is 0.360 e. The molecule has 0 aromatic rings. The van der Waals surface area contributed by atoms with E-state index in [0.717, 1.165) is 0 Å². The molecular weight excluding hydrogens is 132 g/mol. The predicted octanol–water partition coefficient (Wildman–Crippen LogP) is 2.77. The van der Waals surface area contributed by atoms with Crippen LogP contribution in [0.1, 0.15) is 26.2 Å². The lowest BCUT2D eigenvalue weighted by molar-refractivity contribution is 0.769. The first-order chi connectivity index (χ1) is 3.41. The van der Waals surface area contributed by atoms with E-state index in [1.54, 1.807) is 4.55 Å². The summed E-state index contributed by atoms with van der Waals surface area (Å²) in [5, 5.41) is 2.38. The summed E-state index contributed by atoms with van der Waals surface area (Å²) in [6.45, 7) is 2.26. The van der Waals surface area contributed by atoms with E-state index in [1.165, 1.54) is 19.3 Å². The number of rotatable bonds is 4. The lowest BCUT2D eigenvalue weighted by atomic mass is 10.3. The molecule has 0 bridgehead atoms. The Kier molecular flexibility index (Phi) is 16.1. The van der Waals surface area contributed by atoms with Gasteiger partial charge in [-0.1, -0.05) is 26.2 Å². The zero-order valence-corrected chi connectivity index (χ0v) is 8.17.